The Morgan fingerprint density at radius 1 is 1.44 bits per heavy atom. The van der Waals surface area contributed by atoms with Crippen LogP contribution in [0.3, 0.4) is 0 Å². The van der Waals surface area contributed by atoms with Crippen molar-refractivity contribution in [1.29, 1.82) is 0 Å². The van der Waals surface area contributed by atoms with Crippen molar-refractivity contribution in [2.24, 2.45) is 5.92 Å². The van der Waals surface area contributed by atoms with E-state index in [-0.39, 0.29) is 17.3 Å². The van der Waals surface area contributed by atoms with Gasteiger partial charge in [0.2, 0.25) is 0 Å². The normalized spacial score (nSPS) is 11.7. The van der Waals surface area contributed by atoms with Gasteiger partial charge in [0.25, 0.3) is 0 Å². The average Bonchev–Trinajstić information content (AvgIpc) is 2.28. The molecule has 0 spiro atoms. The third-order valence-corrected chi connectivity index (χ3v) is 2.41. The zero-order valence-electron chi connectivity index (χ0n) is 9.97. The molecule has 0 radical (unpaired) electrons. The van der Waals surface area contributed by atoms with Crippen LogP contribution < -0.4 is 0 Å². The summed E-state index contributed by atoms with van der Waals surface area (Å²) in [7, 11) is 0. The highest BCUT2D eigenvalue weighted by Crippen LogP contribution is 2.14. The van der Waals surface area contributed by atoms with Crippen molar-refractivity contribution in [2.75, 3.05) is 6.61 Å². The Bertz CT molecular complexity index is 487. The van der Waals surface area contributed by atoms with Gasteiger partial charge >= 0.3 is 5.97 Å². The summed E-state index contributed by atoms with van der Waals surface area (Å²) in [6, 6.07) is 2.70. The molecule has 1 rings (SSSR count). The molecule has 0 amide bonds. The number of pyridine rings is 1. The van der Waals surface area contributed by atoms with E-state index < -0.39 is 23.5 Å². The van der Waals surface area contributed by atoms with Gasteiger partial charge < -0.3 is 4.74 Å². The standard InChI is InChI=1S/C12H12ClNO4/c1-3-18-12(17)10(7(2)15)11(16)8-4-5-14-9(13)6-8/h4-6,10H,3H2,1-2H3. The SMILES string of the molecule is CCOC(=O)C(C(C)=O)C(=O)c1ccnc(Cl)c1. The summed E-state index contributed by atoms with van der Waals surface area (Å²) in [5, 5.41) is 0.118. The number of esters is 1. The Morgan fingerprint density at radius 2 is 2.11 bits per heavy atom. The molecule has 0 N–H and O–H groups in total. The molecule has 0 saturated carbocycles. The Hall–Kier alpha value is -1.75. The smallest absolute Gasteiger partial charge is 0.324 e. The van der Waals surface area contributed by atoms with Crippen LogP contribution in [0.1, 0.15) is 24.2 Å². The molecule has 1 unspecified atom stereocenters. The van der Waals surface area contributed by atoms with Crippen molar-refractivity contribution in [2.45, 2.75) is 13.8 Å². The van der Waals surface area contributed by atoms with Gasteiger partial charge in [-0.15, -0.1) is 0 Å². The lowest BCUT2D eigenvalue weighted by atomic mass is 9.95. The second kappa shape index (κ2) is 6.26. The molecule has 96 valence electrons. The van der Waals surface area contributed by atoms with E-state index in [2.05, 4.69) is 4.98 Å². The summed E-state index contributed by atoms with van der Waals surface area (Å²) < 4.78 is 4.71. The molecule has 0 aliphatic heterocycles. The van der Waals surface area contributed by atoms with Crippen LogP contribution in [0.4, 0.5) is 0 Å². The quantitative estimate of drug-likeness (QED) is 0.352. The van der Waals surface area contributed by atoms with E-state index in [1.54, 1.807) is 6.92 Å². The van der Waals surface area contributed by atoms with Crippen molar-refractivity contribution < 1.29 is 19.1 Å². The average molecular weight is 270 g/mol. The molecular weight excluding hydrogens is 258 g/mol. The van der Waals surface area contributed by atoms with Gasteiger partial charge in [0.05, 0.1) is 6.61 Å². The van der Waals surface area contributed by atoms with Crippen molar-refractivity contribution in [3.63, 3.8) is 0 Å². The molecule has 1 aromatic rings. The minimum absolute atomic E-state index is 0.104. The fourth-order valence-corrected chi connectivity index (χ4v) is 1.58. The molecule has 0 aliphatic carbocycles. The summed E-state index contributed by atoms with van der Waals surface area (Å²) in [4.78, 5) is 38.7. The maximum Gasteiger partial charge on any atom is 0.324 e. The van der Waals surface area contributed by atoms with E-state index in [1.807, 2.05) is 0 Å². The highest BCUT2D eigenvalue weighted by atomic mass is 35.5. The minimum Gasteiger partial charge on any atom is -0.465 e. The van der Waals surface area contributed by atoms with Crippen molar-refractivity contribution in [1.82, 2.24) is 4.98 Å². The topological polar surface area (TPSA) is 73.3 Å². The zero-order valence-corrected chi connectivity index (χ0v) is 10.7. The van der Waals surface area contributed by atoms with E-state index >= 15 is 0 Å². The minimum atomic E-state index is -1.44. The highest BCUT2D eigenvalue weighted by molar-refractivity contribution is 6.30. The number of ether oxygens (including phenoxy) is 1. The van der Waals surface area contributed by atoms with Crippen molar-refractivity contribution in [3.05, 3.63) is 29.0 Å². The van der Waals surface area contributed by atoms with E-state index in [0.29, 0.717) is 0 Å². The predicted molar refractivity (Wildman–Crippen MR) is 64.4 cm³/mol. The first-order valence-electron chi connectivity index (χ1n) is 5.30. The Balaban J connectivity index is 3.04. The maximum atomic E-state index is 12.0. The van der Waals surface area contributed by atoms with E-state index in [1.165, 1.54) is 25.3 Å². The molecule has 1 heterocycles. The number of nitrogens with zero attached hydrogens (tertiary/aromatic N) is 1. The fraction of sp³-hybridized carbons (Fsp3) is 0.333. The number of hydrogen-bond donors (Lipinski definition) is 0. The molecule has 1 aromatic heterocycles. The van der Waals surface area contributed by atoms with Gasteiger partial charge in [-0.3, -0.25) is 14.4 Å². The van der Waals surface area contributed by atoms with Crippen molar-refractivity contribution in [3.8, 4) is 0 Å². The number of ketones is 2. The van der Waals surface area contributed by atoms with Gasteiger partial charge in [-0.2, -0.15) is 0 Å². The first kappa shape index (κ1) is 14.3. The first-order chi connectivity index (χ1) is 8.47. The molecule has 0 fully saturated rings. The van der Waals surface area contributed by atoms with Crippen molar-refractivity contribution >= 4 is 29.1 Å². The lowest BCUT2D eigenvalue weighted by Crippen LogP contribution is -2.32. The summed E-state index contributed by atoms with van der Waals surface area (Å²) in [5.74, 6) is -3.48. The van der Waals surface area contributed by atoms with Crippen LogP contribution in [-0.4, -0.2) is 29.1 Å². The summed E-state index contributed by atoms with van der Waals surface area (Å²) in [5.41, 5.74) is 0.156. The molecule has 0 bridgehead atoms. The van der Waals surface area contributed by atoms with E-state index in [0.717, 1.165) is 0 Å². The Kier molecular flexibility index (Phi) is 4.97. The zero-order chi connectivity index (χ0) is 13.7. The lowest BCUT2D eigenvalue weighted by molar-refractivity contribution is -0.148. The molecule has 1 atom stereocenters. The number of aromatic nitrogens is 1. The number of halogens is 1. The summed E-state index contributed by atoms with van der Waals surface area (Å²) >= 11 is 5.65. The molecule has 0 saturated heterocycles. The number of hydrogen-bond acceptors (Lipinski definition) is 5. The lowest BCUT2D eigenvalue weighted by Gasteiger charge is -2.11. The Labute approximate surface area is 109 Å². The largest absolute Gasteiger partial charge is 0.465 e. The number of carbonyl (C=O) groups excluding carboxylic acids is 3. The van der Waals surface area contributed by atoms with Crippen LogP contribution in [-0.2, 0) is 14.3 Å². The molecular formula is C12H12ClNO4. The van der Waals surface area contributed by atoms with Gasteiger partial charge in [-0.1, -0.05) is 11.6 Å². The van der Waals surface area contributed by atoms with Crippen LogP contribution in [0.2, 0.25) is 5.15 Å². The third-order valence-electron chi connectivity index (χ3n) is 2.20. The van der Waals surface area contributed by atoms with Gasteiger partial charge in [0, 0.05) is 11.8 Å². The van der Waals surface area contributed by atoms with Crippen LogP contribution in [0.15, 0.2) is 18.3 Å². The summed E-state index contributed by atoms with van der Waals surface area (Å²) in [6.45, 7) is 2.87. The summed E-state index contributed by atoms with van der Waals surface area (Å²) in [6.07, 6.45) is 1.33. The number of Topliss-reactive ketones (excluding diaryl/α,β-unsaturated/α-hetero) is 2. The molecule has 0 aliphatic rings. The molecule has 0 aromatic carbocycles. The highest BCUT2D eigenvalue weighted by Gasteiger charge is 2.33. The van der Waals surface area contributed by atoms with Gasteiger partial charge in [-0.05, 0) is 26.0 Å². The Morgan fingerprint density at radius 3 is 2.61 bits per heavy atom. The number of rotatable bonds is 5. The molecule has 6 heteroatoms. The second-order valence-corrected chi connectivity index (χ2v) is 3.91. The fourth-order valence-electron chi connectivity index (χ4n) is 1.41. The van der Waals surface area contributed by atoms with Gasteiger partial charge in [0.15, 0.2) is 17.5 Å². The van der Waals surface area contributed by atoms with Gasteiger partial charge in [0.1, 0.15) is 5.15 Å². The molecule has 5 nitrogen and oxygen atoms in total. The monoisotopic (exact) mass is 269 g/mol. The van der Waals surface area contributed by atoms with Crippen LogP contribution >= 0.6 is 11.6 Å². The van der Waals surface area contributed by atoms with Crippen LogP contribution in [0.5, 0.6) is 0 Å². The van der Waals surface area contributed by atoms with E-state index in [9.17, 15) is 14.4 Å². The molecule has 18 heavy (non-hydrogen) atoms. The predicted octanol–water partition coefficient (Wildman–Crippen LogP) is 1.69. The first-order valence-corrected chi connectivity index (χ1v) is 5.68. The van der Waals surface area contributed by atoms with Crippen LogP contribution in [0.25, 0.3) is 0 Å². The van der Waals surface area contributed by atoms with Crippen LogP contribution in [0, 0.1) is 5.92 Å². The second-order valence-electron chi connectivity index (χ2n) is 3.53. The third kappa shape index (κ3) is 3.37. The number of carbonyl (C=O) groups is 3. The maximum absolute atomic E-state index is 12.0. The van der Waals surface area contributed by atoms with E-state index in [4.69, 9.17) is 16.3 Å². The van der Waals surface area contributed by atoms with Gasteiger partial charge in [-0.25, -0.2) is 4.98 Å².